The highest BCUT2D eigenvalue weighted by molar-refractivity contribution is 6.29. The number of aromatic nitrogens is 8. The highest BCUT2D eigenvalue weighted by atomic mass is 35.5. The Bertz CT molecular complexity index is 1960. The van der Waals surface area contributed by atoms with E-state index in [4.69, 9.17) is 32.2 Å². The van der Waals surface area contributed by atoms with Gasteiger partial charge in [0.2, 0.25) is 0 Å². The van der Waals surface area contributed by atoms with Crippen LogP contribution in [0.3, 0.4) is 0 Å². The molecule has 0 aliphatic carbocycles. The predicted octanol–water partition coefficient (Wildman–Crippen LogP) is 3.29. The molecule has 0 saturated heterocycles. The summed E-state index contributed by atoms with van der Waals surface area (Å²) >= 11 is 5.43. The second-order valence-electron chi connectivity index (χ2n) is 10.2. The second kappa shape index (κ2) is 34.9. The first-order valence-corrected chi connectivity index (χ1v) is 17.3. The van der Waals surface area contributed by atoms with Gasteiger partial charge in [0, 0.05) is 28.4 Å². The maximum absolute atomic E-state index is 11.0. The van der Waals surface area contributed by atoms with Crippen molar-refractivity contribution >= 4 is 47.6 Å². The first kappa shape index (κ1) is 53.9. The number of halogens is 1. The van der Waals surface area contributed by atoms with Crippen LogP contribution in [0.4, 0.5) is 0 Å². The predicted molar refractivity (Wildman–Crippen MR) is 220 cm³/mol. The molecule has 0 atom stereocenters. The van der Waals surface area contributed by atoms with Crippen LogP contribution in [0.5, 0.6) is 0 Å². The van der Waals surface area contributed by atoms with Crippen molar-refractivity contribution in [3.8, 4) is 24.2 Å². The fraction of sp³-hybridized carbons (Fsp3) is 0.300. The number of nitrogens with zero attached hydrogens (tertiary/aromatic N) is 8. The minimum Gasteiger partial charge on any atom is -0.464 e. The lowest BCUT2D eigenvalue weighted by Gasteiger charge is -1.97. The van der Waals surface area contributed by atoms with E-state index in [0.29, 0.717) is 43.5 Å². The molecule has 4 rings (SSSR count). The number of rotatable bonds is 12. The first-order valence-electron chi connectivity index (χ1n) is 17.0. The molecule has 0 aliphatic rings. The normalized spacial score (nSPS) is 9.57. The van der Waals surface area contributed by atoms with Crippen molar-refractivity contribution in [3.63, 3.8) is 0 Å². The van der Waals surface area contributed by atoms with Crippen molar-refractivity contribution in [2.24, 2.45) is 0 Å². The fourth-order valence-electron chi connectivity index (χ4n) is 3.21. The van der Waals surface area contributed by atoms with Gasteiger partial charge in [-0.3, -0.25) is 9.97 Å². The van der Waals surface area contributed by atoms with E-state index in [9.17, 15) is 19.2 Å². The molecule has 324 valence electrons. The zero-order valence-electron chi connectivity index (χ0n) is 34.7. The van der Waals surface area contributed by atoms with Crippen molar-refractivity contribution in [2.45, 2.75) is 0 Å². The summed E-state index contributed by atoms with van der Waals surface area (Å²) in [7, 11) is 11.5. The third kappa shape index (κ3) is 25.1. The van der Waals surface area contributed by atoms with Crippen LogP contribution < -0.4 is 0 Å². The van der Waals surface area contributed by atoms with E-state index < -0.39 is 23.9 Å². The van der Waals surface area contributed by atoms with Gasteiger partial charge in [0.05, 0.1) is 103 Å². The van der Waals surface area contributed by atoms with Gasteiger partial charge in [-0.25, -0.2) is 49.1 Å². The monoisotopic (exact) mass is 864 g/mol. The van der Waals surface area contributed by atoms with Crippen LogP contribution in [-0.2, 0) is 37.9 Å². The summed E-state index contributed by atoms with van der Waals surface area (Å²) < 4.78 is 36.7. The third-order valence-electron chi connectivity index (χ3n) is 5.96. The Hall–Kier alpha value is -7.07. The maximum Gasteiger partial charge on any atom is 0.358 e. The van der Waals surface area contributed by atoms with Crippen molar-refractivity contribution in [2.75, 3.05) is 83.3 Å². The maximum atomic E-state index is 11.0. The minimum atomic E-state index is -0.519. The van der Waals surface area contributed by atoms with Gasteiger partial charge >= 0.3 is 23.9 Å². The van der Waals surface area contributed by atoms with Gasteiger partial charge in [-0.2, -0.15) is 0 Å². The largest absolute Gasteiger partial charge is 0.464 e. The Labute approximate surface area is 358 Å². The summed E-state index contributed by atoms with van der Waals surface area (Å²) in [4.78, 5) is 74.7. The van der Waals surface area contributed by atoms with E-state index in [1.807, 2.05) is 12.2 Å². The van der Waals surface area contributed by atoms with Gasteiger partial charge < -0.3 is 37.9 Å². The van der Waals surface area contributed by atoms with Gasteiger partial charge in [0.25, 0.3) is 0 Å². The Morgan fingerprint density at radius 2 is 0.918 bits per heavy atom. The molecule has 4 aromatic rings. The van der Waals surface area contributed by atoms with Gasteiger partial charge in [-0.1, -0.05) is 35.6 Å². The molecule has 20 nitrogen and oxygen atoms in total. The van der Waals surface area contributed by atoms with Crippen molar-refractivity contribution in [1.29, 1.82) is 0 Å². The Morgan fingerprint density at radius 1 is 0.525 bits per heavy atom. The van der Waals surface area contributed by atoms with Crippen LogP contribution in [0.2, 0.25) is 5.15 Å². The number of carbonyl (C=O) groups is 4. The highest BCUT2D eigenvalue weighted by Gasteiger charge is 2.08. The Balaban J connectivity index is 0.000000762. The molecular weight excluding hydrogens is 820 g/mol. The van der Waals surface area contributed by atoms with E-state index in [1.54, 1.807) is 40.6 Å². The van der Waals surface area contributed by atoms with Crippen molar-refractivity contribution in [1.82, 2.24) is 39.9 Å². The van der Waals surface area contributed by atoms with Crippen molar-refractivity contribution < 1.29 is 57.1 Å². The number of esters is 4. The molecule has 0 aliphatic heterocycles. The minimum absolute atomic E-state index is 0.150. The summed E-state index contributed by atoms with van der Waals surface area (Å²) in [6, 6.07) is 0. The molecule has 0 saturated carbocycles. The molecule has 61 heavy (non-hydrogen) atoms. The molecule has 0 aromatic carbocycles. The smallest absolute Gasteiger partial charge is 0.358 e. The number of ether oxygens (including phenoxy) is 8. The topological polar surface area (TPSA) is 245 Å². The number of methoxy groups -OCH3 is 8. The molecular formula is C40H45ClN8O12. The summed E-state index contributed by atoms with van der Waals surface area (Å²) in [6.45, 7) is 1.78. The van der Waals surface area contributed by atoms with E-state index in [0.717, 1.165) is 0 Å². The molecule has 0 N–H and O–H groups in total. The van der Waals surface area contributed by atoms with Gasteiger partial charge in [-0.05, 0) is 18.1 Å². The van der Waals surface area contributed by atoms with Crippen LogP contribution in [0.15, 0.2) is 61.7 Å². The standard InChI is InChI=1S/2C10H12N2O3.C10H10N2O3.C6H5ClN2O2.C4H6O/c3*1-14-5-3-4-8-6-12-9(7-11-8)10(13)15-2;1-11-6(10)4-2-9-5(7)3-8-4;1-3-4-5-2/h2*3-4,6-7H,5H2,1-2H3;6-7H,5H2,1-2H3;2-3H,1H3;1H,4H2,2H3/b4-3+;4-3-;;;. The highest BCUT2D eigenvalue weighted by Crippen LogP contribution is 2.03. The van der Waals surface area contributed by atoms with Crippen molar-refractivity contribution in [3.05, 3.63) is 107 Å². The third-order valence-corrected chi connectivity index (χ3v) is 6.15. The van der Waals surface area contributed by atoms with Crippen LogP contribution >= 0.6 is 11.6 Å². The number of terminal acetylenes is 1. The van der Waals surface area contributed by atoms with E-state index in [1.165, 1.54) is 78.0 Å². The SMILES string of the molecule is C#CCOC.COC(=O)c1cnc(Cl)cn1.COC/C=C/c1cnc(C(=O)OC)cn1.COC/C=C\c1cnc(C(=O)OC)cn1.COCC#Cc1cnc(C(=O)OC)cn1. The Kier molecular flexibility index (Phi) is 30.9. The van der Waals surface area contributed by atoms with Gasteiger partial charge in [0.1, 0.15) is 24.1 Å². The lowest BCUT2D eigenvalue weighted by molar-refractivity contribution is 0.0584. The molecule has 0 radical (unpaired) electrons. The molecule has 4 aromatic heterocycles. The molecule has 0 bridgehead atoms. The summed E-state index contributed by atoms with van der Waals surface area (Å²) in [5, 5.41) is 0.248. The van der Waals surface area contributed by atoms with E-state index >= 15 is 0 Å². The molecule has 21 heteroatoms. The second-order valence-corrected chi connectivity index (χ2v) is 10.6. The summed E-state index contributed by atoms with van der Waals surface area (Å²) in [5.74, 6) is 5.73. The van der Waals surface area contributed by atoms with E-state index in [-0.39, 0.29) is 27.9 Å². The first-order chi connectivity index (χ1) is 29.5. The molecule has 0 fully saturated rings. The molecule has 4 heterocycles. The zero-order valence-corrected chi connectivity index (χ0v) is 35.4. The lowest BCUT2D eigenvalue weighted by Crippen LogP contribution is -2.05. The molecule has 0 spiro atoms. The van der Waals surface area contributed by atoms with Gasteiger partial charge in [0.15, 0.2) is 22.8 Å². The van der Waals surface area contributed by atoms with Crippen LogP contribution in [-0.4, -0.2) is 147 Å². The molecule has 0 unspecified atom stereocenters. The van der Waals surface area contributed by atoms with Crippen LogP contribution in [0.25, 0.3) is 12.2 Å². The summed E-state index contributed by atoms with van der Waals surface area (Å²) in [5.41, 5.74) is 2.52. The number of carbonyl (C=O) groups excluding carboxylic acids is 4. The number of hydrogen-bond donors (Lipinski definition) is 0. The quantitative estimate of drug-likeness (QED) is 0.113. The molecule has 0 amide bonds. The lowest BCUT2D eigenvalue weighted by atomic mass is 10.3. The average molecular weight is 865 g/mol. The fourth-order valence-corrected chi connectivity index (χ4v) is 3.30. The van der Waals surface area contributed by atoms with Gasteiger partial charge in [-0.15, -0.1) is 6.42 Å². The van der Waals surface area contributed by atoms with Crippen LogP contribution in [0.1, 0.15) is 59.0 Å². The van der Waals surface area contributed by atoms with Crippen LogP contribution in [0, 0.1) is 24.2 Å². The zero-order chi connectivity index (χ0) is 45.7. The van der Waals surface area contributed by atoms with E-state index in [2.05, 4.69) is 81.3 Å². The number of hydrogen-bond acceptors (Lipinski definition) is 20. The average Bonchev–Trinajstić information content (AvgIpc) is 3.30. The Morgan fingerprint density at radius 3 is 1.20 bits per heavy atom. The summed E-state index contributed by atoms with van der Waals surface area (Å²) in [6.07, 6.45) is 22.9.